The molecule has 122 valence electrons. The molecule has 2 aliphatic heterocycles. The van der Waals surface area contributed by atoms with E-state index < -0.39 is 23.2 Å². The van der Waals surface area contributed by atoms with E-state index in [1.54, 1.807) is 4.90 Å². The lowest BCUT2D eigenvalue weighted by atomic mass is 9.95. The van der Waals surface area contributed by atoms with Gasteiger partial charge in [0.05, 0.1) is 23.2 Å². The highest BCUT2D eigenvalue weighted by Crippen LogP contribution is 2.38. The first-order chi connectivity index (χ1) is 10.8. The van der Waals surface area contributed by atoms with Crippen LogP contribution in [0.4, 0.5) is 13.2 Å². The number of fused-ring (bicyclic) bond motifs is 2. The van der Waals surface area contributed by atoms with Crippen molar-refractivity contribution in [3.05, 3.63) is 33.8 Å². The largest absolute Gasteiger partial charge is 0.417 e. The highest BCUT2D eigenvalue weighted by atomic mass is 79.9. The molecule has 0 unspecified atom stereocenters. The molecular weight excluding hydrogens is 375 g/mol. The molecule has 2 saturated heterocycles. The average Bonchev–Trinajstić information content (AvgIpc) is 3.02. The van der Waals surface area contributed by atoms with Gasteiger partial charge in [0, 0.05) is 10.5 Å². The second-order valence-electron chi connectivity index (χ2n) is 5.81. The van der Waals surface area contributed by atoms with Crippen LogP contribution in [0.25, 0.3) is 0 Å². The van der Waals surface area contributed by atoms with E-state index in [0.717, 1.165) is 25.0 Å². The molecule has 1 aromatic rings. The number of carbonyl (C=O) groups is 1. The van der Waals surface area contributed by atoms with Gasteiger partial charge in [-0.3, -0.25) is 4.79 Å². The number of benzene rings is 1. The van der Waals surface area contributed by atoms with Crippen LogP contribution in [0.5, 0.6) is 0 Å². The van der Waals surface area contributed by atoms with E-state index >= 15 is 0 Å². The lowest BCUT2D eigenvalue weighted by molar-refractivity contribution is -0.138. The number of halogens is 4. The molecule has 3 atom stereocenters. The maximum absolute atomic E-state index is 13.1. The van der Waals surface area contributed by atoms with E-state index in [1.165, 1.54) is 6.07 Å². The number of amides is 1. The van der Waals surface area contributed by atoms with Crippen LogP contribution in [-0.2, 0) is 6.18 Å². The van der Waals surface area contributed by atoms with Crippen molar-refractivity contribution in [3.8, 4) is 6.19 Å². The van der Waals surface area contributed by atoms with E-state index in [4.69, 9.17) is 5.26 Å². The normalized spacial score (nSPS) is 26.2. The molecule has 1 amide bonds. The molecule has 2 bridgehead atoms. The maximum atomic E-state index is 13.1. The molecule has 8 heteroatoms. The molecule has 0 aromatic heterocycles. The topological polar surface area (TPSA) is 56.1 Å². The zero-order valence-corrected chi connectivity index (χ0v) is 13.5. The van der Waals surface area contributed by atoms with Crippen molar-refractivity contribution in [1.29, 1.82) is 5.26 Å². The van der Waals surface area contributed by atoms with Crippen molar-refractivity contribution < 1.29 is 18.0 Å². The molecule has 0 spiro atoms. The third-order valence-corrected chi connectivity index (χ3v) is 4.99. The van der Waals surface area contributed by atoms with Crippen molar-refractivity contribution in [2.75, 3.05) is 0 Å². The third-order valence-electron chi connectivity index (χ3n) is 4.50. The number of hydrogen-bond acceptors (Lipinski definition) is 3. The lowest BCUT2D eigenvalue weighted by Crippen LogP contribution is -2.43. The van der Waals surface area contributed by atoms with Crippen LogP contribution in [0.2, 0.25) is 0 Å². The van der Waals surface area contributed by atoms with Gasteiger partial charge in [0.2, 0.25) is 0 Å². The summed E-state index contributed by atoms with van der Waals surface area (Å²) in [5, 5.41) is 11.8. The van der Waals surface area contributed by atoms with Crippen molar-refractivity contribution in [2.24, 2.45) is 0 Å². The second-order valence-corrected chi connectivity index (χ2v) is 6.72. The molecular formula is C15H13BrF3N3O. The summed E-state index contributed by atoms with van der Waals surface area (Å²) >= 11 is 3.00. The first-order valence-corrected chi connectivity index (χ1v) is 7.96. The van der Waals surface area contributed by atoms with Gasteiger partial charge < -0.3 is 10.2 Å². The minimum absolute atomic E-state index is 0.0855. The summed E-state index contributed by atoms with van der Waals surface area (Å²) in [6.07, 6.45) is -0.241. The minimum atomic E-state index is -4.61. The molecule has 1 N–H and O–H groups in total. The summed E-state index contributed by atoms with van der Waals surface area (Å²) in [5.41, 5.74) is -1.36. The third kappa shape index (κ3) is 2.90. The summed E-state index contributed by atoms with van der Waals surface area (Å²) in [4.78, 5) is 14.0. The number of alkyl halides is 3. The Morgan fingerprint density at radius 2 is 2.13 bits per heavy atom. The SMILES string of the molecule is N#CN1[C@H]2CC[C@@H]1[C@H](NC(=O)c1ccc(Br)cc1C(F)(F)F)C2. The zero-order valence-electron chi connectivity index (χ0n) is 11.9. The molecule has 0 radical (unpaired) electrons. The van der Waals surface area contributed by atoms with Crippen LogP contribution in [0.1, 0.15) is 35.2 Å². The van der Waals surface area contributed by atoms with E-state index in [1.807, 2.05) is 0 Å². The number of hydrogen-bond donors (Lipinski definition) is 1. The average molecular weight is 388 g/mol. The van der Waals surface area contributed by atoms with Gasteiger partial charge in [-0.25, -0.2) is 0 Å². The molecule has 4 nitrogen and oxygen atoms in total. The van der Waals surface area contributed by atoms with Gasteiger partial charge in [-0.05, 0) is 37.5 Å². The van der Waals surface area contributed by atoms with Crippen molar-refractivity contribution in [2.45, 2.75) is 43.6 Å². The number of nitriles is 1. The molecule has 2 fully saturated rings. The number of nitrogens with one attached hydrogen (secondary N) is 1. The molecule has 0 saturated carbocycles. The minimum Gasteiger partial charge on any atom is -0.347 e. The quantitative estimate of drug-likeness (QED) is 0.792. The van der Waals surface area contributed by atoms with Crippen LogP contribution < -0.4 is 5.32 Å². The molecule has 1 aromatic carbocycles. The van der Waals surface area contributed by atoms with Crippen LogP contribution >= 0.6 is 15.9 Å². The summed E-state index contributed by atoms with van der Waals surface area (Å²) in [6.45, 7) is 0. The fourth-order valence-electron chi connectivity index (χ4n) is 3.49. The molecule has 2 heterocycles. The predicted octanol–water partition coefficient (Wildman–Crippen LogP) is 3.28. The Kier molecular flexibility index (Phi) is 4.00. The lowest BCUT2D eigenvalue weighted by Gasteiger charge is -2.23. The van der Waals surface area contributed by atoms with Crippen LogP contribution in [0.15, 0.2) is 22.7 Å². The fourth-order valence-corrected chi connectivity index (χ4v) is 3.86. The maximum Gasteiger partial charge on any atom is 0.417 e. The first-order valence-electron chi connectivity index (χ1n) is 7.17. The van der Waals surface area contributed by atoms with Crippen LogP contribution in [0, 0.1) is 11.5 Å². The number of carbonyl (C=O) groups excluding carboxylic acids is 1. The second kappa shape index (κ2) is 5.71. The predicted molar refractivity (Wildman–Crippen MR) is 79.3 cm³/mol. The van der Waals surface area contributed by atoms with Gasteiger partial charge in [0.25, 0.3) is 5.91 Å². The summed E-state index contributed by atoms with van der Waals surface area (Å²) in [6, 6.07) is 3.16. The van der Waals surface area contributed by atoms with E-state index in [9.17, 15) is 18.0 Å². The van der Waals surface area contributed by atoms with Gasteiger partial charge in [-0.1, -0.05) is 15.9 Å². The van der Waals surface area contributed by atoms with Crippen molar-refractivity contribution in [1.82, 2.24) is 10.2 Å². The van der Waals surface area contributed by atoms with Gasteiger partial charge in [-0.2, -0.15) is 18.4 Å². The van der Waals surface area contributed by atoms with Gasteiger partial charge in [-0.15, -0.1) is 0 Å². The Labute approximate surface area is 139 Å². The molecule has 3 rings (SSSR count). The Bertz CT molecular complexity index is 686. The summed E-state index contributed by atoms with van der Waals surface area (Å²) in [7, 11) is 0. The number of nitrogens with zero attached hydrogens (tertiary/aromatic N) is 2. The highest BCUT2D eigenvalue weighted by Gasteiger charge is 2.47. The van der Waals surface area contributed by atoms with Crippen molar-refractivity contribution >= 4 is 21.8 Å². The Morgan fingerprint density at radius 1 is 1.39 bits per heavy atom. The van der Waals surface area contributed by atoms with Gasteiger partial charge >= 0.3 is 6.18 Å². The monoisotopic (exact) mass is 387 g/mol. The molecule has 0 aliphatic carbocycles. The zero-order chi connectivity index (χ0) is 16.8. The summed E-state index contributed by atoms with van der Waals surface area (Å²) < 4.78 is 39.6. The summed E-state index contributed by atoms with van der Waals surface area (Å²) in [5.74, 6) is -0.750. The van der Waals surface area contributed by atoms with Gasteiger partial charge in [0.15, 0.2) is 6.19 Å². The standard InChI is InChI=1S/C15H13BrF3N3O/c16-8-1-3-10(11(5-8)15(17,18)19)14(23)21-12-6-9-2-4-13(12)22(9)7-20/h1,3,5,9,12-13H,2,4,6H2,(H,21,23)/t9-,12+,13+/m0/s1. The Morgan fingerprint density at radius 3 is 2.74 bits per heavy atom. The van der Waals surface area contributed by atoms with Gasteiger partial charge in [0.1, 0.15) is 0 Å². The first kappa shape index (κ1) is 16.1. The number of rotatable bonds is 2. The van der Waals surface area contributed by atoms with Crippen LogP contribution in [-0.4, -0.2) is 28.9 Å². The Hall–Kier alpha value is -1.75. The Balaban J connectivity index is 1.82. The van der Waals surface area contributed by atoms with E-state index in [-0.39, 0.29) is 22.6 Å². The van der Waals surface area contributed by atoms with E-state index in [2.05, 4.69) is 27.4 Å². The highest BCUT2D eigenvalue weighted by molar-refractivity contribution is 9.10. The molecule has 23 heavy (non-hydrogen) atoms. The smallest absolute Gasteiger partial charge is 0.347 e. The molecule has 2 aliphatic rings. The van der Waals surface area contributed by atoms with Crippen LogP contribution in [0.3, 0.4) is 0 Å². The van der Waals surface area contributed by atoms with Crippen molar-refractivity contribution in [3.63, 3.8) is 0 Å². The van der Waals surface area contributed by atoms with E-state index in [0.29, 0.717) is 6.42 Å². The fraction of sp³-hybridized carbons (Fsp3) is 0.467.